The third-order valence-electron chi connectivity index (χ3n) is 3.42. The second-order valence-corrected chi connectivity index (χ2v) is 6.38. The minimum Gasteiger partial charge on any atom is -0.444 e. The number of hydrogen-bond acceptors (Lipinski definition) is 4. The second kappa shape index (κ2) is 5.87. The number of pyridine rings is 1. The van der Waals surface area contributed by atoms with Crippen LogP contribution >= 0.6 is 0 Å². The van der Waals surface area contributed by atoms with Crippen LogP contribution in [0.1, 0.15) is 45.2 Å². The van der Waals surface area contributed by atoms with Gasteiger partial charge in [0.25, 0.3) is 0 Å². The highest BCUT2D eigenvalue weighted by Gasteiger charge is 2.29. The van der Waals surface area contributed by atoms with Gasteiger partial charge in [0, 0.05) is 25.1 Å². The number of carbonyl (C=O) groups excluding carboxylic acids is 1. The summed E-state index contributed by atoms with van der Waals surface area (Å²) in [4.78, 5) is 17.7. The zero-order chi connectivity index (χ0) is 15.6. The Morgan fingerprint density at radius 2 is 2.05 bits per heavy atom. The molecule has 0 atom stereocenters. The van der Waals surface area contributed by atoms with Crippen LogP contribution in [0, 0.1) is 5.82 Å². The summed E-state index contributed by atoms with van der Waals surface area (Å²) < 4.78 is 19.2. The first-order chi connectivity index (χ1) is 9.76. The molecule has 2 N–H and O–H groups in total. The summed E-state index contributed by atoms with van der Waals surface area (Å²) in [6.45, 7) is 6.61. The summed E-state index contributed by atoms with van der Waals surface area (Å²) in [5, 5.41) is 0. The molecule has 0 aliphatic carbocycles. The molecule has 6 heteroatoms. The Balaban J connectivity index is 1.95. The van der Waals surface area contributed by atoms with Crippen molar-refractivity contribution in [1.29, 1.82) is 0 Å². The highest BCUT2D eigenvalue weighted by Crippen LogP contribution is 2.29. The first-order valence-corrected chi connectivity index (χ1v) is 7.15. The fourth-order valence-corrected chi connectivity index (χ4v) is 2.43. The molecule has 5 nitrogen and oxygen atoms in total. The molecule has 1 aliphatic heterocycles. The molecular formula is C15H22FN3O2. The van der Waals surface area contributed by atoms with Gasteiger partial charge in [-0.25, -0.2) is 9.18 Å². The molecule has 0 radical (unpaired) electrons. The van der Waals surface area contributed by atoms with Crippen LogP contribution < -0.4 is 5.73 Å². The summed E-state index contributed by atoms with van der Waals surface area (Å²) in [6.07, 6.45) is 2.51. The van der Waals surface area contributed by atoms with E-state index in [0.717, 1.165) is 0 Å². The third-order valence-corrected chi connectivity index (χ3v) is 3.42. The van der Waals surface area contributed by atoms with Crippen molar-refractivity contribution < 1.29 is 13.9 Å². The molecule has 2 heterocycles. The molecule has 1 amide bonds. The van der Waals surface area contributed by atoms with Crippen LogP contribution in [-0.2, 0) is 4.74 Å². The van der Waals surface area contributed by atoms with Gasteiger partial charge in [0.15, 0.2) is 0 Å². The van der Waals surface area contributed by atoms with Gasteiger partial charge in [0.1, 0.15) is 11.4 Å². The predicted molar refractivity (Wildman–Crippen MR) is 78.4 cm³/mol. The quantitative estimate of drug-likeness (QED) is 0.865. The van der Waals surface area contributed by atoms with E-state index in [2.05, 4.69) is 4.98 Å². The van der Waals surface area contributed by atoms with Crippen LogP contribution in [-0.4, -0.2) is 34.7 Å². The lowest BCUT2D eigenvalue weighted by Gasteiger charge is -2.33. The van der Waals surface area contributed by atoms with Crippen molar-refractivity contribution in [3.8, 4) is 0 Å². The van der Waals surface area contributed by atoms with E-state index < -0.39 is 5.60 Å². The van der Waals surface area contributed by atoms with E-state index in [0.29, 0.717) is 37.3 Å². The zero-order valence-corrected chi connectivity index (χ0v) is 12.7. The molecule has 0 bridgehead atoms. The monoisotopic (exact) mass is 295 g/mol. The van der Waals surface area contributed by atoms with Crippen LogP contribution in [0.5, 0.6) is 0 Å². The van der Waals surface area contributed by atoms with Crippen molar-refractivity contribution in [2.75, 3.05) is 18.8 Å². The fraction of sp³-hybridized carbons (Fsp3) is 0.600. The Morgan fingerprint density at radius 3 is 2.57 bits per heavy atom. The van der Waals surface area contributed by atoms with Gasteiger partial charge in [-0.2, -0.15) is 0 Å². The number of anilines is 1. The molecule has 0 unspecified atom stereocenters. The average molecular weight is 295 g/mol. The van der Waals surface area contributed by atoms with Crippen molar-refractivity contribution in [3.63, 3.8) is 0 Å². The van der Waals surface area contributed by atoms with Gasteiger partial charge in [0.2, 0.25) is 0 Å². The molecule has 1 aromatic heterocycles. The maximum absolute atomic E-state index is 13.9. The molecule has 0 aromatic carbocycles. The van der Waals surface area contributed by atoms with E-state index in [1.807, 2.05) is 20.8 Å². The number of aromatic nitrogens is 1. The highest BCUT2D eigenvalue weighted by atomic mass is 19.1. The Labute approximate surface area is 124 Å². The minimum absolute atomic E-state index is 0.0179. The fourth-order valence-electron chi connectivity index (χ4n) is 2.43. The number of nitrogens with zero attached hydrogens (tertiary/aromatic N) is 2. The van der Waals surface area contributed by atoms with Gasteiger partial charge in [-0.3, -0.25) is 4.98 Å². The van der Waals surface area contributed by atoms with Crippen molar-refractivity contribution >= 4 is 11.8 Å². The minimum atomic E-state index is -0.501. The number of carbonyl (C=O) groups is 1. The number of nitrogen functional groups attached to an aromatic ring is 1. The Kier molecular flexibility index (Phi) is 4.34. The maximum Gasteiger partial charge on any atom is 0.410 e. The van der Waals surface area contributed by atoms with Gasteiger partial charge >= 0.3 is 6.09 Å². The van der Waals surface area contributed by atoms with Gasteiger partial charge < -0.3 is 15.4 Å². The molecule has 1 saturated heterocycles. The van der Waals surface area contributed by atoms with Gasteiger partial charge in [-0.05, 0) is 33.6 Å². The first kappa shape index (κ1) is 15.5. The maximum atomic E-state index is 13.9. The Morgan fingerprint density at radius 1 is 1.43 bits per heavy atom. The largest absolute Gasteiger partial charge is 0.444 e. The van der Waals surface area contributed by atoms with Crippen LogP contribution in [0.2, 0.25) is 0 Å². The van der Waals surface area contributed by atoms with Crippen LogP contribution in [0.25, 0.3) is 0 Å². The molecule has 116 valence electrons. The topological polar surface area (TPSA) is 68.5 Å². The second-order valence-electron chi connectivity index (χ2n) is 6.38. The number of rotatable bonds is 1. The lowest BCUT2D eigenvalue weighted by atomic mass is 9.93. The molecule has 1 aromatic rings. The lowest BCUT2D eigenvalue weighted by Crippen LogP contribution is -2.41. The van der Waals surface area contributed by atoms with Crippen molar-refractivity contribution in [2.24, 2.45) is 0 Å². The summed E-state index contributed by atoms with van der Waals surface area (Å²) in [6, 6.07) is 1.29. The molecule has 1 aliphatic rings. The number of amides is 1. The third kappa shape index (κ3) is 4.06. The van der Waals surface area contributed by atoms with Crippen LogP contribution in [0.4, 0.5) is 14.9 Å². The van der Waals surface area contributed by atoms with E-state index >= 15 is 0 Å². The van der Waals surface area contributed by atoms with E-state index in [1.165, 1.54) is 12.3 Å². The van der Waals surface area contributed by atoms with Crippen LogP contribution in [0.15, 0.2) is 12.3 Å². The summed E-state index contributed by atoms with van der Waals surface area (Å²) >= 11 is 0. The number of nitrogens with two attached hydrogens (primary N) is 1. The van der Waals surface area contributed by atoms with Crippen molar-refractivity contribution in [1.82, 2.24) is 9.88 Å². The number of likely N-dealkylation sites (tertiary alicyclic amines) is 1. The Bertz CT molecular complexity index is 520. The zero-order valence-electron chi connectivity index (χ0n) is 12.7. The molecule has 0 saturated carbocycles. The lowest BCUT2D eigenvalue weighted by molar-refractivity contribution is 0.0203. The molecule has 2 rings (SSSR count). The van der Waals surface area contributed by atoms with Crippen molar-refractivity contribution in [2.45, 2.75) is 45.1 Å². The number of halogens is 1. The molecule has 0 spiro atoms. The number of ether oxygens (including phenoxy) is 1. The van der Waals surface area contributed by atoms with Crippen LogP contribution in [0.3, 0.4) is 0 Å². The Hall–Kier alpha value is -1.85. The summed E-state index contributed by atoms with van der Waals surface area (Å²) in [5.74, 6) is -0.352. The van der Waals surface area contributed by atoms with E-state index in [-0.39, 0.29) is 17.8 Å². The van der Waals surface area contributed by atoms with E-state index in [4.69, 9.17) is 10.5 Å². The average Bonchev–Trinajstić information content (AvgIpc) is 2.37. The molecule has 21 heavy (non-hydrogen) atoms. The van der Waals surface area contributed by atoms with Crippen molar-refractivity contribution in [3.05, 3.63) is 23.8 Å². The normalized spacial score (nSPS) is 16.9. The van der Waals surface area contributed by atoms with E-state index in [9.17, 15) is 9.18 Å². The smallest absolute Gasteiger partial charge is 0.410 e. The highest BCUT2D eigenvalue weighted by molar-refractivity contribution is 5.68. The molecular weight excluding hydrogens is 273 g/mol. The summed E-state index contributed by atoms with van der Waals surface area (Å²) in [5.41, 5.74) is 5.76. The number of hydrogen-bond donors (Lipinski definition) is 1. The van der Waals surface area contributed by atoms with Gasteiger partial charge in [-0.15, -0.1) is 0 Å². The van der Waals surface area contributed by atoms with Gasteiger partial charge in [-0.1, -0.05) is 0 Å². The molecule has 1 fully saturated rings. The van der Waals surface area contributed by atoms with E-state index in [1.54, 1.807) is 4.90 Å². The SMILES string of the molecule is CC(C)(C)OC(=O)N1CCC(c2ncc(N)cc2F)CC1. The summed E-state index contributed by atoms with van der Waals surface area (Å²) in [7, 11) is 0. The standard InChI is InChI=1S/C15H22FN3O2/c1-15(2,3)21-14(20)19-6-4-10(5-7-19)13-12(16)8-11(17)9-18-13/h8-10H,4-7,17H2,1-3H3. The first-order valence-electron chi connectivity index (χ1n) is 7.15. The number of piperidine rings is 1. The predicted octanol–water partition coefficient (Wildman–Crippen LogP) is 2.92. The van der Waals surface area contributed by atoms with Gasteiger partial charge in [0.05, 0.1) is 17.6 Å².